The van der Waals surface area contributed by atoms with E-state index in [9.17, 15) is 14.4 Å². The summed E-state index contributed by atoms with van der Waals surface area (Å²) in [5.41, 5.74) is -0.0136. The SMILES string of the molecule is O=C1COc2ccc(C(=O)NCC3(C(=O)O)CC3)cc2N1. The molecule has 1 heterocycles. The fourth-order valence-electron chi connectivity index (χ4n) is 2.19. The van der Waals surface area contributed by atoms with Crippen LogP contribution in [0.3, 0.4) is 0 Å². The molecule has 1 aromatic carbocycles. The predicted molar refractivity (Wildman–Crippen MR) is 72.2 cm³/mol. The Bertz CT molecular complexity index is 636. The normalized spacial score (nSPS) is 18.0. The van der Waals surface area contributed by atoms with Gasteiger partial charge in [0.25, 0.3) is 11.8 Å². The van der Waals surface area contributed by atoms with Gasteiger partial charge in [-0.2, -0.15) is 0 Å². The molecule has 0 saturated heterocycles. The van der Waals surface area contributed by atoms with Crippen molar-refractivity contribution in [2.75, 3.05) is 18.5 Å². The highest BCUT2D eigenvalue weighted by Crippen LogP contribution is 2.45. The molecule has 110 valence electrons. The maximum atomic E-state index is 12.1. The van der Waals surface area contributed by atoms with Crippen LogP contribution in [-0.2, 0) is 9.59 Å². The molecule has 1 saturated carbocycles. The molecule has 1 aromatic rings. The third-order valence-corrected chi connectivity index (χ3v) is 3.77. The molecule has 7 heteroatoms. The van der Waals surface area contributed by atoms with E-state index in [-0.39, 0.29) is 25.0 Å². The average molecular weight is 290 g/mol. The van der Waals surface area contributed by atoms with Gasteiger partial charge in [0.1, 0.15) is 5.75 Å². The molecule has 1 aliphatic carbocycles. The van der Waals surface area contributed by atoms with Crippen molar-refractivity contribution < 1.29 is 24.2 Å². The van der Waals surface area contributed by atoms with Gasteiger partial charge in [-0.1, -0.05) is 0 Å². The van der Waals surface area contributed by atoms with Gasteiger partial charge in [-0.3, -0.25) is 14.4 Å². The Morgan fingerprint density at radius 1 is 1.38 bits per heavy atom. The van der Waals surface area contributed by atoms with E-state index in [0.29, 0.717) is 29.8 Å². The number of hydrogen-bond donors (Lipinski definition) is 3. The zero-order valence-corrected chi connectivity index (χ0v) is 11.1. The summed E-state index contributed by atoms with van der Waals surface area (Å²) in [5.74, 6) is -1.02. The first-order valence-electron chi connectivity index (χ1n) is 6.58. The minimum atomic E-state index is -0.881. The Balaban J connectivity index is 1.69. The maximum absolute atomic E-state index is 12.1. The van der Waals surface area contributed by atoms with Crippen molar-refractivity contribution in [2.24, 2.45) is 5.41 Å². The number of carboxylic acids is 1. The van der Waals surface area contributed by atoms with Gasteiger partial charge in [-0.25, -0.2) is 0 Å². The van der Waals surface area contributed by atoms with Crippen LogP contribution >= 0.6 is 0 Å². The van der Waals surface area contributed by atoms with E-state index in [2.05, 4.69) is 10.6 Å². The van der Waals surface area contributed by atoms with Crippen LogP contribution in [0.15, 0.2) is 18.2 Å². The number of benzene rings is 1. The first-order valence-corrected chi connectivity index (χ1v) is 6.58. The van der Waals surface area contributed by atoms with Crippen LogP contribution in [0.5, 0.6) is 5.75 Å². The highest BCUT2D eigenvalue weighted by atomic mass is 16.5. The second-order valence-corrected chi connectivity index (χ2v) is 5.32. The molecule has 7 nitrogen and oxygen atoms in total. The van der Waals surface area contributed by atoms with E-state index in [0.717, 1.165) is 0 Å². The number of carboxylic acid groups (broad SMARTS) is 1. The highest BCUT2D eigenvalue weighted by molar-refractivity contribution is 6.00. The van der Waals surface area contributed by atoms with Crippen LogP contribution in [0.2, 0.25) is 0 Å². The van der Waals surface area contributed by atoms with Crippen molar-refractivity contribution >= 4 is 23.5 Å². The van der Waals surface area contributed by atoms with E-state index in [1.807, 2.05) is 0 Å². The van der Waals surface area contributed by atoms with Gasteiger partial charge in [0.05, 0.1) is 11.1 Å². The summed E-state index contributed by atoms with van der Waals surface area (Å²) < 4.78 is 5.20. The highest BCUT2D eigenvalue weighted by Gasteiger charge is 2.50. The molecule has 2 aliphatic rings. The molecule has 0 aromatic heterocycles. The summed E-state index contributed by atoms with van der Waals surface area (Å²) in [7, 11) is 0. The fourth-order valence-corrected chi connectivity index (χ4v) is 2.19. The minimum Gasteiger partial charge on any atom is -0.482 e. The van der Waals surface area contributed by atoms with E-state index in [4.69, 9.17) is 9.84 Å². The first kappa shape index (κ1) is 13.4. The summed E-state index contributed by atoms with van der Waals surface area (Å²) in [6.07, 6.45) is 1.16. The monoisotopic (exact) mass is 290 g/mol. The third-order valence-electron chi connectivity index (χ3n) is 3.77. The topological polar surface area (TPSA) is 105 Å². The van der Waals surface area contributed by atoms with Gasteiger partial charge < -0.3 is 20.5 Å². The van der Waals surface area contributed by atoms with Crippen LogP contribution in [0.1, 0.15) is 23.2 Å². The lowest BCUT2D eigenvalue weighted by Crippen LogP contribution is -2.34. The number of rotatable bonds is 4. The molecule has 3 rings (SSSR count). The number of carbonyl (C=O) groups excluding carboxylic acids is 2. The molecule has 0 spiro atoms. The summed E-state index contributed by atoms with van der Waals surface area (Å²) in [4.78, 5) is 34.3. The Labute approximate surface area is 120 Å². The van der Waals surface area contributed by atoms with E-state index >= 15 is 0 Å². The largest absolute Gasteiger partial charge is 0.482 e. The zero-order valence-electron chi connectivity index (χ0n) is 11.1. The van der Waals surface area contributed by atoms with Gasteiger partial charge in [0.15, 0.2) is 6.61 Å². The number of nitrogens with one attached hydrogen (secondary N) is 2. The Kier molecular flexibility index (Phi) is 3.04. The van der Waals surface area contributed by atoms with Crippen molar-refractivity contribution in [1.82, 2.24) is 5.32 Å². The van der Waals surface area contributed by atoms with Gasteiger partial charge >= 0.3 is 5.97 Å². The third kappa shape index (κ3) is 2.54. The summed E-state index contributed by atoms with van der Waals surface area (Å²) >= 11 is 0. The van der Waals surface area contributed by atoms with Crippen LogP contribution in [0, 0.1) is 5.41 Å². The molecule has 0 atom stereocenters. The lowest BCUT2D eigenvalue weighted by atomic mass is 10.1. The number of carbonyl (C=O) groups is 3. The number of aliphatic carboxylic acids is 1. The fraction of sp³-hybridized carbons (Fsp3) is 0.357. The van der Waals surface area contributed by atoms with Gasteiger partial charge in [-0.15, -0.1) is 0 Å². The average Bonchev–Trinajstić information content (AvgIpc) is 3.25. The number of amides is 2. The Morgan fingerprint density at radius 3 is 2.81 bits per heavy atom. The molecule has 0 bridgehead atoms. The summed E-state index contributed by atoms with van der Waals surface area (Å²) in [5, 5.41) is 14.3. The first-order chi connectivity index (χ1) is 10.00. The molecule has 0 radical (unpaired) electrons. The second kappa shape index (κ2) is 4.76. The second-order valence-electron chi connectivity index (χ2n) is 5.32. The van der Waals surface area contributed by atoms with Crippen molar-refractivity contribution in [1.29, 1.82) is 0 Å². The van der Waals surface area contributed by atoms with E-state index < -0.39 is 11.4 Å². The predicted octanol–water partition coefficient (Wildman–Crippen LogP) is 0.612. The van der Waals surface area contributed by atoms with Crippen molar-refractivity contribution in [2.45, 2.75) is 12.8 Å². The lowest BCUT2D eigenvalue weighted by Gasteiger charge is -2.18. The number of ether oxygens (including phenoxy) is 1. The number of fused-ring (bicyclic) bond motifs is 1. The van der Waals surface area contributed by atoms with Gasteiger partial charge in [0, 0.05) is 12.1 Å². The van der Waals surface area contributed by atoms with E-state index in [1.54, 1.807) is 12.1 Å². The molecule has 2 amide bonds. The summed E-state index contributed by atoms with van der Waals surface area (Å²) in [6.45, 7) is 0.0702. The number of hydrogen-bond acceptors (Lipinski definition) is 4. The lowest BCUT2D eigenvalue weighted by molar-refractivity contribution is -0.143. The summed E-state index contributed by atoms with van der Waals surface area (Å²) in [6, 6.07) is 4.70. The van der Waals surface area contributed by atoms with E-state index in [1.165, 1.54) is 6.07 Å². The van der Waals surface area contributed by atoms with Crippen LogP contribution in [0.4, 0.5) is 5.69 Å². The minimum absolute atomic E-state index is 0.0420. The van der Waals surface area contributed by atoms with Crippen LogP contribution in [0.25, 0.3) is 0 Å². The Hall–Kier alpha value is -2.57. The van der Waals surface area contributed by atoms with Crippen molar-refractivity contribution in [3.05, 3.63) is 23.8 Å². The molecular weight excluding hydrogens is 276 g/mol. The molecule has 21 heavy (non-hydrogen) atoms. The molecule has 3 N–H and O–H groups in total. The quantitative estimate of drug-likeness (QED) is 0.753. The smallest absolute Gasteiger partial charge is 0.311 e. The van der Waals surface area contributed by atoms with Crippen molar-refractivity contribution in [3.63, 3.8) is 0 Å². The van der Waals surface area contributed by atoms with Crippen molar-refractivity contribution in [3.8, 4) is 5.75 Å². The standard InChI is InChI=1S/C14H14N2O5/c17-11-6-21-10-2-1-8(5-9(10)16-11)12(18)15-7-14(3-4-14)13(19)20/h1-2,5H,3-4,6-7H2,(H,15,18)(H,16,17)(H,19,20). The zero-order chi connectivity index (χ0) is 15.0. The molecule has 0 unspecified atom stereocenters. The maximum Gasteiger partial charge on any atom is 0.311 e. The Morgan fingerprint density at radius 2 is 2.14 bits per heavy atom. The van der Waals surface area contributed by atoms with Gasteiger partial charge in [-0.05, 0) is 31.0 Å². The van der Waals surface area contributed by atoms with Gasteiger partial charge in [0.2, 0.25) is 0 Å². The number of anilines is 1. The molecular formula is C14H14N2O5. The molecule has 1 fully saturated rings. The van der Waals surface area contributed by atoms with Crippen LogP contribution in [-0.4, -0.2) is 36.0 Å². The molecule has 1 aliphatic heterocycles. The van der Waals surface area contributed by atoms with Crippen LogP contribution < -0.4 is 15.4 Å².